The van der Waals surface area contributed by atoms with E-state index in [1.54, 1.807) is 12.1 Å². The van der Waals surface area contributed by atoms with E-state index >= 15 is 0 Å². The van der Waals surface area contributed by atoms with Gasteiger partial charge in [-0.1, -0.05) is 24.8 Å². The van der Waals surface area contributed by atoms with E-state index in [0.29, 0.717) is 5.56 Å². The normalized spacial score (nSPS) is 9.00. The van der Waals surface area contributed by atoms with Gasteiger partial charge in [0.05, 0.1) is 0 Å². The molecule has 1 heteroatoms. The lowest BCUT2D eigenvalue weighted by molar-refractivity contribution is 0.625. The maximum absolute atomic E-state index is 12.5. The maximum atomic E-state index is 12.5. The average molecular weight is 121 g/mol. The van der Waals surface area contributed by atoms with Crippen LogP contribution in [0.1, 0.15) is 5.56 Å². The second kappa shape index (κ2) is 2.44. The lowest BCUT2D eigenvalue weighted by Crippen LogP contribution is -1.77. The zero-order chi connectivity index (χ0) is 6.69. The molecule has 0 aliphatic heterocycles. The van der Waals surface area contributed by atoms with Crippen molar-refractivity contribution in [3.8, 4) is 0 Å². The highest BCUT2D eigenvalue weighted by atomic mass is 19.1. The predicted octanol–water partition coefficient (Wildman–Crippen LogP) is 2.27. The van der Waals surface area contributed by atoms with Crippen LogP contribution in [0, 0.1) is 11.9 Å². The van der Waals surface area contributed by atoms with Crippen LogP contribution in [0.2, 0.25) is 0 Å². The van der Waals surface area contributed by atoms with Gasteiger partial charge < -0.3 is 0 Å². The zero-order valence-corrected chi connectivity index (χ0v) is 4.89. The van der Waals surface area contributed by atoms with E-state index in [2.05, 4.69) is 12.6 Å². The molecule has 1 rings (SSSR count). The summed E-state index contributed by atoms with van der Waals surface area (Å²) in [6.45, 7) is 3.42. The summed E-state index contributed by atoms with van der Waals surface area (Å²) >= 11 is 0. The van der Waals surface area contributed by atoms with Gasteiger partial charge >= 0.3 is 0 Å². The molecule has 0 heterocycles. The molecule has 0 spiro atoms. The minimum atomic E-state index is -0.271. The predicted molar refractivity (Wildman–Crippen MR) is 35.3 cm³/mol. The van der Waals surface area contributed by atoms with Crippen molar-refractivity contribution in [1.82, 2.24) is 0 Å². The SMILES string of the molecule is C=Cc1[c]cccc1F. The number of halogens is 1. The van der Waals surface area contributed by atoms with Gasteiger partial charge in [-0.2, -0.15) is 0 Å². The van der Waals surface area contributed by atoms with E-state index < -0.39 is 0 Å². The molecule has 0 bridgehead atoms. The minimum Gasteiger partial charge on any atom is -0.206 e. The fraction of sp³-hybridized carbons (Fsp3) is 0. The third kappa shape index (κ3) is 1.17. The van der Waals surface area contributed by atoms with Crippen LogP contribution in [0.5, 0.6) is 0 Å². The highest BCUT2D eigenvalue weighted by Crippen LogP contribution is 2.05. The Bertz CT molecular complexity index is 216. The summed E-state index contributed by atoms with van der Waals surface area (Å²) in [5.74, 6) is -0.271. The molecule has 0 unspecified atom stereocenters. The molecular weight excluding hydrogens is 115 g/mol. The molecule has 0 amide bonds. The van der Waals surface area contributed by atoms with Crippen molar-refractivity contribution in [1.29, 1.82) is 0 Å². The summed E-state index contributed by atoms with van der Waals surface area (Å²) in [6.07, 6.45) is 1.44. The summed E-state index contributed by atoms with van der Waals surface area (Å²) in [6, 6.07) is 7.33. The summed E-state index contributed by atoms with van der Waals surface area (Å²) in [5.41, 5.74) is 0.428. The molecule has 0 atom stereocenters. The van der Waals surface area contributed by atoms with Crippen LogP contribution in [0.25, 0.3) is 6.08 Å². The molecule has 0 aromatic heterocycles. The largest absolute Gasteiger partial charge is 0.206 e. The molecule has 0 saturated carbocycles. The van der Waals surface area contributed by atoms with Gasteiger partial charge in [0.2, 0.25) is 0 Å². The highest BCUT2D eigenvalue weighted by molar-refractivity contribution is 5.46. The van der Waals surface area contributed by atoms with Gasteiger partial charge in [0.15, 0.2) is 0 Å². The number of benzene rings is 1. The topological polar surface area (TPSA) is 0 Å². The Morgan fingerprint density at radius 2 is 2.44 bits per heavy atom. The molecule has 0 nitrogen and oxygen atoms in total. The van der Waals surface area contributed by atoms with E-state index in [0.717, 1.165) is 0 Å². The van der Waals surface area contributed by atoms with Crippen LogP contribution in [0.4, 0.5) is 4.39 Å². The van der Waals surface area contributed by atoms with Gasteiger partial charge in [0, 0.05) is 5.56 Å². The lowest BCUT2D eigenvalue weighted by Gasteiger charge is -1.90. The maximum Gasteiger partial charge on any atom is 0.131 e. The first-order chi connectivity index (χ1) is 4.34. The van der Waals surface area contributed by atoms with Gasteiger partial charge in [-0.3, -0.25) is 0 Å². The quantitative estimate of drug-likeness (QED) is 0.534. The zero-order valence-electron chi connectivity index (χ0n) is 4.89. The smallest absolute Gasteiger partial charge is 0.131 e. The van der Waals surface area contributed by atoms with Crippen LogP contribution in [0.15, 0.2) is 24.8 Å². The molecule has 0 N–H and O–H groups in total. The van der Waals surface area contributed by atoms with E-state index in [9.17, 15) is 4.39 Å². The molecule has 0 fully saturated rings. The Morgan fingerprint density at radius 3 is 2.89 bits per heavy atom. The van der Waals surface area contributed by atoms with Crippen LogP contribution < -0.4 is 0 Å². The number of rotatable bonds is 1. The van der Waals surface area contributed by atoms with Crippen molar-refractivity contribution < 1.29 is 4.39 Å². The lowest BCUT2D eigenvalue weighted by atomic mass is 10.2. The first-order valence-corrected chi connectivity index (χ1v) is 2.63. The van der Waals surface area contributed by atoms with Crippen molar-refractivity contribution in [2.45, 2.75) is 0 Å². The van der Waals surface area contributed by atoms with Gasteiger partial charge in [0.1, 0.15) is 5.82 Å². The van der Waals surface area contributed by atoms with Crippen molar-refractivity contribution in [3.05, 3.63) is 42.2 Å². The standard InChI is InChI=1S/C8H6F/c1-2-7-5-3-4-6-8(7)9/h2-4,6H,1H2. The second-order valence-corrected chi connectivity index (χ2v) is 1.64. The third-order valence-corrected chi connectivity index (χ3v) is 1.04. The third-order valence-electron chi connectivity index (χ3n) is 1.04. The van der Waals surface area contributed by atoms with Gasteiger partial charge in [0.25, 0.3) is 0 Å². The fourth-order valence-corrected chi connectivity index (χ4v) is 0.586. The Balaban J connectivity index is 3.15. The molecule has 1 aromatic carbocycles. The highest BCUT2D eigenvalue weighted by Gasteiger charge is 1.92. The summed E-state index contributed by atoms with van der Waals surface area (Å²) in [7, 11) is 0. The van der Waals surface area contributed by atoms with Gasteiger partial charge in [-0.25, -0.2) is 4.39 Å². The molecule has 0 saturated heterocycles. The van der Waals surface area contributed by atoms with Crippen molar-refractivity contribution in [3.63, 3.8) is 0 Å². The number of hydrogen-bond acceptors (Lipinski definition) is 0. The molecule has 0 aliphatic carbocycles. The van der Waals surface area contributed by atoms with Crippen LogP contribution in [-0.4, -0.2) is 0 Å². The summed E-state index contributed by atoms with van der Waals surface area (Å²) < 4.78 is 12.5. The Kier molecular flexibility index (Phi) is 1.63. The second-order valence-electron chi connectivity index (χ2n) is 1.64. The summed E-state index contributed by atoms with van der Waals surface area (Å²) in [5, 5.41) is 0. The molecule has 1 radical (unpaired) electrons. The molecule has 0 aliphatic rings. The average Bonchev–Trinajstić information content (AvgIpc) is 1.89. The van der Waals surface area contributed by atoms with Gasteiger partial charge in [-0.15, -0.1) is 0 Å². The fourth-order valence-electron chi connectivity index (χ4n) is 0.586. The Labute approximate surface area is 53.6 Å². The van der Waals surface area contributed by atoms with Gasteiger partial charge in [-0.05, 0) is 12.1 Å². The van der Waals surface area contributed by atoms with Crippen molar-refractivity contribution in [2.75, 3.05) is 0 Å². The Hall–Kier alpha value is -1.11. The Morgan fingerprint density at radius 1 is 1.67 bits per heavy atom. The van der Waals surface area contributed by atoms with E-state index in [-0.39, 0.29) is 5.82 Å². The molecule has 9 heavy (non-hydrogen) atoms. The van der Waals surface area contributed by atoms with Crippen LogP contribution >= 0.6 is 0 Å². The van der Waals surface area contributed by atoms with E-state index in [4.69, 9.17) is 0 Å². The molecule has 45 valence electrons. The van der Waals surface area contributed by atoms with Crippen molar-refractivity contribution >= 4 is 6.08 Å². The first-order valence-electron chi connectivity index (χ1n) is 2.63. The molecular formula is C8H6F. The minimum absolute atomic E-state index is 0.271. The molecule has 1 aromatic rings. The van der Waals surface area contributed by atoms with E-state index in [1.165, 1.54) is 12.1 Å². The monoisotopic (exact) mass is 121 g/mol. The van der Waals surface area contributed by atoms with E-state index in [1.807, 2.05) is 0 Å². The first kappa shape index (κ1) is 6.02. The van der Waals surface area contributed by atoms with Crippen LogP contribution in [-0.2, 0) is 0 Å². The van der Waals surface area contributed by atoms with Crippen molar-refractivity contribution in [2.24, 2.45) is 0 Å². The van der Waals surface area contributed by atoms with Crippen LogP contribution in [0.3, 0.4) is 0 Å². The summed E-state index contributed by atoms with van der Waals surface area (Å²) in [4.78, 5) is 0. The number of hydrogen-bond donors (Lipinski definition) is 0.